The maximum absolute atomic E-state index is 11.9. The number of benzene rings is 1. The average molecular weight is 359 g/mol. The summed E-state index contributed by atoms with van der Waals surface area (Å²) in [7, 11) is 0. The second-order valence-electron chi connectivity index (χ2n) is 4.70. The van der Waals surface area contributed by atoms with E-state index in [0.717, 1.165) is 35.2 Å². The number of nitrogens with two attached hydrogens (primary N) is 1. The van der Waals surface area contributed by atoms with Crippen molar-refractivity contribution >= 4 is 34.2 Å². The SMILES string of the molecule is N[C@@H]1CCCN(CC(=O)Nc2cccc(I)c2)C1. The van der Waals surface area contributed by atoms with Gasteiger partial charge in [0.25, 0.3) is 0 Å². The molecule has 5 heteroatoms. The van der Waals surface area contributed by atoms with Crippen LogP contribution in [-0.4, -0.2) is 36.5 Å². The minimum Gasteiger partial charge on any atom is -0.327 e. The van der Waals surface area contributed by atoms with Crippen LogP contribution in [-0.2, 0) is 4.79 Å². The number of nitrogens with one attached hydrogen (secondary N) is 1. The first-order chi connectivity index (χ1) is 8.63. The molecular weight excluding hydrogens is 341 g/mol. The summed E-state index contributed by atoms with van der Waals surface area (Å²) in [5, 5.41) is 2.92. The second-order valence-corrected chi connectivity index (χ2v) is 5.94. The van der Waals surface area contributed by atoms with Crippen molar-refractivity contribution in [1.82, 2.24) is 4.90 Å². The van der Waals surface area contributed by atoms with E-state index in [9.17, 15) is 4.79 Å². The number of nitrogens with zero attached hydrogens (tertiary/aromatic N) is 1. The number of amides is 1. The van der Waals surface area contributed by atoms with Gasteiger partial charge in [0.05, 0.1) is 6.54 Å². The molecule has 0 unspecified atom stereocenters. The van der Waals surface area contributed by atoms with E-state index in [4.69, 9.17) is 5.73 Å². The highest BCUT2D eigenvalue weighted by Crippen LogP contribution is 2.13. The summed E-state index contributed by atoms with van der Waals surface area (Å²) in [6.07, 6.45) is 2.15. The minimum absolute atomic E-state index is 0.0334. The van der Waals surface area contributed by atoms with Gasteiger partial charge in [0.15, 0.2) is 0 Å². The van der Waals surface area contributed by atoms with E-state index in [0.29, 0.717) is 6.54 Å². The zero-order chi connectivity index (χ0) is 13.0. The number of hydrogen-bond acceptors (Lipinski definition) is 3. The van der Waals surface area contributed by atoms with Crippen LogP contribution in [0.4, 0.5) is 5.69 Å². The summed E-state index contributed by atoms with van der Waals surface area (Å²) in [5.74, 6) is 0.0334. The van der Waals surface area contributed by atoms with Gasteiger partial charge in [-0.2, -0.15) is 0 Å². The first-order valence-electron chi connectivity index (χ1n) is 6.17. The molecule has 0 saturated carbocycles. The van der Waals surface area contributed by atoms with Crippen LogP contribution in [0.5, 0.6) is 0 Å². The van der Waals surface area contributed by atoms with Crippen LogP contribution in [0.25, 0.3) is 0 Å². The van der Waals surface area contributed by atoms with Gasteiger partial charge < -0.3 is 11.1 Å². The monoisotopic (exact) mass is 359 g/mol. The number of likely N-dealkylation sites (tertiary alicyclic amines) is 1. The molecule has 0 radical (unpaired) electrons. The summed E-state index contributed by atoms with van der Waals surface area (Å²) in [6, 6.07) is 8.01. The Morgan fingerprint density at radius 3 is 3.11 bits per heavy atom. The quantitative estimate of drug-likeness (QED) is 0.807. The molecule has 1 saturated heterocycles. The van der Waals surface area contributed by atoms with Crippen molar-refractivity contribution in [3.05, 3.63) is 27.8 Å². The lowest BCUT2D eigenvalue weighted by Crippen LogP contribution is -2.45. The van der Waals surface area contributed by atoms with Crippen LogP contribution >= 0.6 is 22.6 Å². The largest absolute Gasteiger partial charge is 0.327 e. The highest BCUT2D eigenvalue weighted by Gasteiger charge is 2.18. The van der Waals surface area contributed by atoms with Crippen LogP contribution in [0, 0.1) is 3.57 Å². The number of piperidine rings is 1. The number of rotatable bonds is 3. The summed E-state index contributed by atoms with van der Waals surface area (Å²) in [4.78, 5) is 14.0. The molecule has 0 spiro atoms. The average Bonchev–Trinajstić information content (AvgIpc) is 2.28. The molecule has 18 heavy (non-hydrogen) atoms. The Labute approximate surface area is 121 Å². The third-order valence-corrected chi connectivity index (χ3v) is 3.69. The van der Waals surface area contributed by atoms with Crippen LogP contribution in [0.2, 0.25) is 0 Å². The first-order valence-corrected chi connectivity index (χ1v) is 7.25. The molecule has 98 valence electrons. The molecule has 1 aromatic carbocycles. The fraction of sp³-hybridized carbons (Fsp3) is 0.462. The van der Waals surface area contributed by atoms with Crippen LogP contribution < -0.4 is 11.1 Å². The molecule has 0 bridgehead atoms. The van der Waals surface area contributed by atoms with Crippen molar-refractivity contribution < 1.29 is 4.79 Å². The van der Waals surface area contributed by atoms with Crippen molar-refractivity contribution in [2.75, 3.05) is 25.0 Å². The van der Waals surface area contributed by atoms with Gasteiger partial charge in [0, 0.05) is 21.8 Å². The Morgan fingerprint density at radius 2 is 2.39 bits per heavy atom. The maximum Gasteiger partial charge on any atom is 0.238 e. The minimum atomic E-state index is 0.0334. The molecule has 2 rings (SSSR count). The third kappa shape index (κ3) is 4.22. The molecule has 1 heterocycles. The number of carbonyl (C=O) groups excluding carboxylic acids is 1. The molecule has 1 atom stereocenters. The summed E-state index contributed by atoms with van der Waals surface area (Å²) in [6.45, 7) is 2.21. The topological polar surface area (TPSA) is 58.4 Å². The Hall–Kier alpha value is -0.660. The van der Waals surface area contributed by atoms with Gasteiger partial charge in [-0.25, -0.2) is 0 Å². The van der Waals surface area contributed by atoms with Crippen molar-refractivity contribution in [3.63, 3.8) is 0 Å². The van der Waals surface area contributed by atoms with Crippen LogP contribution in [0.15, 0.2) is 24.3 Å². The standard InChI is InChI=1S/C13H18IN3O/c14-10-3-1-5-12(7-10)16-13(18)9-17-6-2-4-11(15)8-17/h1,3,5,7,11H,2,4,6,8-9,15H2,(H,16,18)/t11-/m1/s1. The summed E-state index contributed by atoms with van der Waals surface area (Å²) < 4.78 is 1.12. The predicted molar refractivity (Wildman–Crippen MR) is 81.4 cm³/mol. The van der Waals surface area contributed by atoms with Crippen LogP contribution in [0.1, 0.15) is 12.8 Å². The zero-order valence-electron chi connectivity index (χ0n) is 10.2. The molecule has 1 amide bonds. The van der Waals surface area contributed by atoms with E-state index in [2.05, 4.69) is 32.8 Å². The molecule has 1 fully saturated rings. The Morgan fingerprint density at radius 1 is 1.56 bits per heavy atom. The van der Waals surface area contributed by atoms with Gasteiger partial charge >= 0.3 is 0 Å². The van der Waals surface area contributed by atoms with Crippen molar-refractivity contribution in [2.24, 2.45) is 5.73 Å². The van der Waals surface area contributed by atoms with Gasteiger partial charge in [0.1, 0.15) is 0 Å². The van der Waals surface area contributed by atoms with Crippen LogP contribution in [0.3, 0.4) is 0 Å². The fourth-order valence-corrected chi connectivity index (χ4v) is 2.75. The zero-order valence-corrected chi connectivity index (χ0v) is 12.4. The van der Waals surface area contributed by atoms with E-state index in [-0.39, 0.29) is 11.9 Å². The fourth-order valence-electron chi connectivity index (χ4n) is 2.20. The number of halogens is 1. The third-order valence-electron chi connectivity index (χ3n) is 3.02. The summed E-state index contributed by atoms with van der Waals surface area (Å²) in [5.41, 5.74) is 6.75. The number of carbonyl (C=O) groups is 1. The van der Waals surface area contributed by atoms with Crippen molar-refractivity contribution in [1.29, 1.82) is 0 Å². The van der Waals surface area contributed by atoms with Crippen molar-refractivity contribution in [3.8, 4) is 0 Å². The summed E-state index contributed by atoms with van der Waals surface area (Å²) >= 11 is 2.23. The van der Waals surface area contributed by atoms with E-state index in [1.54, 1.807) is 0 Å². The number of anilines is 1. The molecule has 0 aliphatic carbocycles. The Kier molecular flexibility index (Phi) is 4.96. The second kappa shape index (κ2) is 6.49. The number of hydrogen-bond donors (Lipinski definition) is 2. The molecule has 4 nitrogen and oxygen atoms in total. The van der Waals surface area contributed by atoms with Gasteiger partial charge in [-0.05, 0) is 60.2 Å². The normalized spacial score (nSPS) is 20.7. The van der Waals surface area contributed by atoms with Gasteiger partial charge in [-0.3, -0.25) is 9.69 Å². The predicted octanol–water partition coefficient (Wildman–Crippen LogP) is 1.65. The van der Waals surface area contributed by atoms with Gasteiger partial charge in [0.2, 0.25) is 5.91 Å². The first kappa shape index (κ1) is 13.8. The highest BCUT2D eigenvalue weighted by molar-refractivity contribution is 14.1. The lowest BCUT2D eigenvalue weighted by Gasteiger charge is -2.29. The van der Waals surface area contributed by atoms with E-state index in [1.165, 1.54) is 0 Å². The molecule has 1 aromatic rings. The Bertz CT molecular complexity index is 424. The smallest absolute Gasteiger partial charge is 0.238 e. The van der Waals surface area contributed by atoms with E-state index < -0.39 is 0 Å². The van der Waals surface area contributed by atoms with Crippen molar-refractivity contribution in [2.45, 2.75) is 18.9 Å². The molecule has 1 aliphatic heterocycles. The molecular formula is C13H18IN3O. The van der Waals surface area contributed by atoms with Gasteiger partial charge in [-0.1, -0.05) is 6.07 Å². The lowest BCUT2D eigenvalue weighted by molar-refractivity contribution is -0.117. The van der Waals surface area contributed by atoms with E-state index >= 15 is 0 Å². The molecule has 0 aromatic heterocycles. The maximum atomic E-state index is 11.9. The highest BCUT2D eigenvalue weighted by atomic mass is 127. The molecule has 3 N–H and O–H groups in total. The Balaban J connectivity index is 1.85. The van der Waals surface area contributed by atoms with E-state index in [1.807, 2.05) is 24.3 Å². The molecule has 1 aliphatic rings. The van der Waals surface area contributed by atoms with Gasteiger partial charge in [-0.15, -0.1) is 0 Å². The lowest BCUT2D eigenvalue weighted by atomic mass is 10.1.